The SMILES string of the molecule is COc1ccc(C)cc1CC(NN)c1cncs1. The van der Waals surface area contributed by atoms with E-state index < -0.39 is 0 Å². The predicted octanol–water partition coefficient (Wildman–Crippen LogP) is 2.21. The molecule has 0 saturated heterocycles. The Kier molecular flexibility index (Phi) is 4.30. The molecule has 0 saturated carbocycles. The summed E-state index contributed by atoms with van der Waals surface area (Å²) in [4.78, 5) is 5.21. The largest absolute Gasteiger partial charge is 0.496 e. The first-order valence-electron chi connectivity index (χ1n) is 5.72. The van der Waals surface area contributed by atoms with E-state index in [0.717, 1.165) is 22.6 Å². The number of nitrogens with zero attached hydrogens (tertiary/aromatic N) is 1. The van der Waals surface area contributed by atoms with E-state index in [0.29, 0.717) is 0 Å². The monoisotopic (exact) mass is 263 g/mol. The number of aromatic nitrogens is 1. The minimum Gasteiger partial charge on any atom is -0.496 e. The number of benzene rings is 1. The van der Waals surface area contributed by atoms with Gasteiger partial charge in [-0.1, -0.05) is 17.7 Å². The zero-order valence-electron chi connectivity index (χ0n) is 10.5. The summed E-state index contributed by atoms with van der Waals surface area (Å²) < 4.78 is 5.38. The number of thiazole rings is 1. The van der Waals surface area contributed by atoms with Gasteiger partial charge < -0.3 is 4.74 Å². The second kappa shape index (κ2) is 5.95. The van der Waals surface area contributed by atoms with Crippen LogP contribution in [0.15, 0.2) is 29.9 Å². The first-order chi connectivity index (χ1) is 8.74. The van der Waals surface area contributed by atoms with Crippen molar-refractivity contribution in [1.29, 1.82) is 0 Å². The summed E-state index contributed by atoms with van der Waals surface area (Å²) in [6.07, 6.45) is 2.63. The van der Waals surface area contributed by atoms with Gasteiger partial charge in [0.15, 0.2) is 0 Å². The number of nitrogens with two attached hydrogens (primary N) is 1. The number of methoxy groups -OCH3 is 1. The number of hydrogen-bond donors (Lipinski definition) is 2. The number of rotatable bonds is 5. The fraction of sp³-hybridized carbons (Fsp3) is 0.308. The van der Waals surface area contributed by atoms with Gasteiger partial charge in [0.1, 0.15) is 5.75 Å². The highest BCUT2D eigenvalue weighted by Crippen LogP contribution is 2.27. The summed E-state index contributed by atoms with van der Waals surface area (Å²) in [5.41, 5.74) is 7.01. The van der Waals surface area contributed by atoms with E-state index in [1.165, 1.54) is 5.56 Å². The number of ether oxygens (including phenoxy) is 1. The Morgan fingerprint density at radius 1 is 1.50 bits per heavy atom. The van der Waals surface area contributed by atoms with Crippen LogP contribution in [-0.2, 0) is 6.42 Å². The Balaban J connectivity index is 2.24. The maximum absolute atomic E-state index is 5.63. The van der Waals surface area contributed by atoms with Crippen molar-refractivity contribution in [3.8, 4) is 5.75 Å². The molecule has 2 aromatic rings. The molecular formula is C13H17N3OS. The third kappa shape index (κ3) is 2.87. The fourth-order valence-electron chi connectivity index (χ4n) is 1.93. The van der Waals surface area contributed by atoms with Crippen molar-refractivity contribution >= 4 is 11.3 Å². The summed E-state index contributed by atoms with van der Waals surface area (Å²) in [7, 11) is 1.69. The lowest BCUT2D eigenvalue weighted by atomic mass is 10.0. The summed E-state index contributed by atoms with van der Waals surface area (Å²) >= 11 is 1.60. The molecule has 1 atom stereocenters. The lowest BCUT2D eigenvalue weighted by Gasteiger charge is -2.16. The van der Waals surface area contributed by atoms with Crippen LogP contribution in [0.1, 0.15) is 22.0 Å². The minimum absolute atomic E-state index is 0.0631. The van der Waals surface area contributed by atoms with Gasteiger partial charge in [0.2, 0.25) is 0 Å². The standard InChI is InChI=1S/C13H17N3OS/c1-9-3-4-12(17-2)10(5-9)6-11(16-14)13-7-15-8-18-13/h3-5,7-8,11,16H,6,14H2,1-2H3. The van der Waals surface area contributed by atoms with Crippen molar-refractivity contribution in [1.82, 2.24) is 10.4 Å². The van der Waals surface area contributed by atoms with Crippen LogP contribution in [0.25, 0.3) is 0 Å². The fourth-order valence-corrected chi connectivity index (χ4v) is 2.61. The molecular weight excluding hydrogens is 246 g/mol. The Hall–Kier alpha value is -1.43. The molecule has 5 heteroatoms. The van der Waals surface area contributed by atoms with Gasteiger partial charge in [-0.05, 0) is 25.0 Å². The Morgan fingerprint density at radius 2 is 2.33 bits per heavy atom. The Bertz CT molecular complexity index is 499. The first kappa shape index (κ1) is 13.0. The molecule has 0 aliphatic carbocycles. The molecule has 0 radical (unpaired) electrons. The molecule has 18 heavy (non-hydrogen) atoms. The average Bonchev–Trinajstić information content (AvgIpc) is 2.90. The van der Waals surface area contributed by atoms with E-state index in [9.17, 15) is 0 Å². The minimum atomic E-state index is 0.0631. The van der Waals surface area contributed by atoms with Crippen LogP contribution < -0.4 is 16.0 Å². The van der Waals surface area contributed by atoms with E-state index in [-0.39, 0.29) is 6.04 Å². The normalized spacial score (nSPS) is 12.4. The summed E-state index contributed by atoms with van der Waals surface area (Å²) in [6, 6.07) is 6.22. The Labute approximate surface area is 111 Å². The van der Waals surface area contributed by atoms with Gasteiger partial charge in [-0.2, -0.15) is 0 Å². The molecule has 3 N–H and O–H groups in total. The molecule has 0 amide bonds. The molecule has 0 bridgehead atoms. The quantitative estimate of drug-likeness (QED) is 0.641. The van der Waals surface area contributed by atoms with Crippen LogP contribution in [0.3, 0.4) is 0 Å². The van der Waals surface area contributed by atoms with Crippen LogP contribution in [0.2, 0.25) is 0 Å². The van der Waals surface area contributed by atoms with E-state index in [2.05, 4.69) is 23.4 Å². The van der Waals surface area contributed by atoms with Crippen LogP contribution in [0.5, 0.6) is 5.75 Å². The summed E-state index contributed by atoms with van der Waals surface area (Å²) in [6.45, 7) is 2.07. The van der Waals surface area contributed by atoms with Crippen LogP contribution in [0.4, 0.5) is 0 Å². The van der Waals surface area contributed by atoms with Gasteiger partial charge in [0.25, 0.3) is 0 Å². The van der Waals surface area contributed by atoms with E-state index in [1.807, 2.05) is 23.8 Å². The van der Waals surface area contributed by atoms with Crippen molar-refractivity contribution < 1.29 is 4.74 Å². The first-order valence-corrected chi connectivity index (χ1v) is 6.60. The highest BCUT2D eigenvalue weighted by atomic mass is 32.1. The second-order valence-corrected chi connectivity index (χ2v) is 5.06. The van der Waals surface area contributed by atoms with Gasteiger partial charge in [0, 0.05) is 11.1 Å². The van der Waals surface area contributed by atoms with Gasteiger partial charge >= 0.3 is 0 Å². The topological polar surface area (TPSA) is 60.2 Å². The number of nitrogens with one attached hydrogen (secondary N) is 1. The van der Waals surface area contributed by atoms with Crippen molar-refractivity contribution in [2.24, 2.45) is 5.84 Å². The van der Waals surface area contributed by atoms with E-state index >= 15 is 0 Å². The molecule has 1 aromatic carbocycles. The number of aryl methyl sites for hydroxylation is 1. The highest BCUT2D eigenvalue weighted by Gasteiger charge is 2.15. The van der Waals surface area contributed by atoms with Crippen LogP contribution in [0, 0.1) is 6.92 Å². The maximum Gasteiger partial charge on any atom is 0.122 e. The zero-order chi connectivity index (χ0) is 13.0. The predicted molar refractivity (Wildman–Crippen MR) is 73.6 cm³/mol. The van der Waals surface area contributed by atoms with Crippen molar-refractivity contribution in [3.63, 3.8) is 0 Å². The second-order valence-electron chi connectivity index (χ2n) is 4.14. The smallest absolute Gasteiger partial charge is 0.122 e. The molecule has 0 fully saturated rings. The van der Waals surface area contributed by atoms with Crippen molar-refractivity contribution in [2.75, 3.05) is 7.11 Å². The van der Waals surface area contributed by atoms with E-state index in [1.54, 1.807) is 18.4 Å². The summed E-state index contributed by atoms with van der Waals surface area (Å²) in [5, 5.41) is 0. The van der Waals surface area contributed by atoms with E-state index in [4.69, 9.17) is 10.6 Å². The average molecular weight is 263 g/mol. The van der Waals surface area contributed by atoms with Crippen LogP contribution >= 0.6 is 11.3 Å². The summed E-state index contributed by atoms with van der Waals surface area (Å²) in [5.74, 6) is 6.52. The molecule has 4 nitrogen and oxygen atoms in total. The van der Waals surface area contributed by atoms with Gasteiger partial charge in [0.05, 0.1) is 18.7 Å². The molecule has 2 rings (SSSR count). The number of hydrazine groups is 1. The lowest BCUT2D eigenvalue weighted by molar-refractivity contribution is 0.406. The molecule has 0 aliphatic heterocycles. The van der Waals surface area contributed by atoms with Crippen molar-refractivity contribution in [3.05, 3.63) is 45.9 Å². The zero-order valence-corrected chi connectivity index (χ0v) is 11.3. The molecule has 0 aliphatic rings. The molecule has 0 spiro atoms. The molecule has 1 unspecified atom stereocenters. The molecule has 96 valence electrons. The van der Waals surface area contributed by atoms with Gasteiger partial charge in [-0.25, -0.2) is 0 Å². The molecule has 1 heterocycles. The highest BCUT2D eigenvalue weighted by molar-refractivity contribution is 7.09. The lowest BCUT2D eigenvalue weighted by Crippen LogP contribution is -2.29. The third-order valence-corrected chi connectivity index (χ3v) is 3.75. The Morgan fingerprint density at radius 3 is 2.94 bits per heavy atom. The van der Waals surface area contributed by atoms with Gasteiger partial charge in [-0.15, -0.1) is 11.3 Å². The van der Waals surface area contributed by atoms with Crippen LogP contribution in [-0.4, -0.2) is 12.1 Å². The third-order valence-electron chi connectivity index (χ3n) is 2.86. The van der Waals surface area contributed by atoms with Crippen molar-refractivity contribution in [2.45, 2.75) is 19.4 Å². The molecule has 1 aromatic heterocycles. The number of hydrogen-bond acceptors (Lipinski definition) is 5. The maximum atomic E-state index is 5.63. The van der Waals surface area contributed by atoms with Gasteiger partial charge in [-0.3, -0.25) is 16.3 Å².